The number of ether oxygens (including phenoxy) is 3. The molecule has 41 heavy (non-hydrogen) atoms. The molecular weight excluding hydrogens is 526 g/mol. The molecule has 3 aromatic rings. The molecule has 3 aromatic carbocycles. The average molecular weight is 560 g/mol. The maximum atomic E-state index is 13.5. The smallest absolute Gasteiger partial charge is 0.352 e. The van der Waals surface area contributed by atoms with E-state index in [-0.39, 0.29) is 17.0 Å². The van der Waals surface area contributed by atoms with Crippen LogP contribution in [0.3, 0.4) is 0 Å². The topological polar surface area (TPSA) is 119 Å². The molecule has 0 bridgehead atoms. The quantitative estimate of drug-likeness (QED) is 0.288. The molecule has 4 atom stereocenters. The van der Waals surface area contributed by atoms with Gasteiger partial charge in [-0.1, -0.05) is 72.6 Å². The maximum absolute atomic E-state index is 13.5. The highest BCUT2D eigenvalue weighted by molar-refractivity contribution is 5.95. The number of aliphatic carboxylic acids is 1. The van der Waals surface area contributed by atoms with E-state index in [1.165, 1.54) is 24.3 Å². The van der Waals surface area contributed by atoms with E-state index in [0.717, 1.165) is 16.7 Å². The molecule has 0 aliphatic carbocycles. The number of rotatable bonds is 10. The number of carbonyl (C=O) groups is 4. The van der Waals surface area contributed by atoms with Crippen LogP contribution in [0.5, 0.6) is 0 Å². The molecule has 0 amide bonds. The third kappa shape index (κ3) is 7.79. The summed E-state index contributed by atoms with van der Waals surface area (Å²) in [5.41, 5.74) is 3.07. The van der Waals surface area contributed by atoms with Crippen LogP contribution in [-0.4, -0.2) is 65.3 Å². The molecule has 0 radical (unpaired) electrons. The third-order valence-corrected chi connectivity index (χ3v) is 6.93. The van der Waals surface area contributed by atoms with Crippen LogP contribution in [0, 0.1) is 19.8 Å². The molecule has 9 heteroatoms. The highest BCUT2D eigenvalue weighted by Gasteiger charge is 2.44. The molecule has 1 aliphatic rings. The molecule has 0 aromatic heterocycles. The number of likely N-dealkylation sites (tertiary alicyclic amines) is 1. The van der Waals surface area contributed by atoms with Crippen LogP contribution >= 0.6 is 0 Å². The van der Waals surface area contributed by atoms with Gasteiger partial charge in [0.15, 0.2) is 0 Å². The van der Waals surface area contributed by atoms with Crippen LogP contribution in [0.25, 0.3) is 0 Å². The van der Waals surface area contributed by atoms with Crippen molar-refractivity contribution in [2.24, 2.45) is 5.92 Å². The monoisotopic (exact) mass is 559 g/mol. The zero-order chi connectivity index (χ0) is 29.5. The summed E-state index contributed by atoms with van der Waals surface area (Å²) >= 11 is 0. The summed E-state index contributed by atoms with van der Waals surface area (Å²) in [5.74, 6) is -4.77. The van der Waals surface area contributed by atoms with Crippen LogP contribution in [-0.2, 0) is 30.3 Å². The first-order valence-electron chi connectivity index (χ1n) is 13.4. The molecule has 4 rings (SSSR count). The van der Waals surface area contributed by atoms with Crippen LogP contribution in [0.1, 0.15) is 44.3 Å². The van der Waals surface area contributed by atoms with Crippen molar-refractivity contribution in [2.45, 2.75) is 45.6 Å². The Morgan fingerprint density at radius 1 is 0.780 bits per heavy atom. The van der Waals surface area contributed by atoms with Gasteiger partial charge in [0.05, 0.1) is 11.1 Å². The van der Waals surface area contributed by atoms with Crippen molar-refractivity contribution in [3.05, 3.63) is 107 Å². The number of hydrogen-bond acceptors (Lipinski definition) is 8. The van der Waals surface area contributed by atoms with Crippen molar-refractivity contribution in [3.63, 3.8) is 0 Å². The number of esters is 3. The molecule has 0 spiro atoms. The second-order valence-corrected chi connectivity index (χ2v) is 10.4. The van der Waals surface area contributed by atoms with Gasteiger partial charge < -0.3 is 19.3 Å². The number of benzene rings is 3. The lowest BCUT2D eigenvalue weighted by Crippen LogP contribution is -2.48. The predicted octanol–water partition coefficient (Wildman–Crippen LogP) is 4.20. The summed E-state index contributed by atoms with van der Waals surface area (Å²) in [6.45, 7) is 7.28. The highest BCUT2D eigenvalue weighted by Crippen LogP contribution is 2.24. The number of aryl methyl sites for hydroxylation is 2. The van der Waals surface area contributed by atoms with Crippen LogP contribution in [0.15, 0.2) is 78.9 Å². The molecule has 1 N–H and O–H groups in total. The van der Waals surface area contributed by atoms with E-state index in [2.05, 4.69) is 4.90 Å². The highest BCUT2D eigenvalue weighted by atomic mass is 16.6. The standard InChI is InChI=1S/C32H33NO8/c1-20-9-13-24(14-10-20)30(36)40-27(29(34)35)28(41-31(37)25-15-11-21(2)12-16-25)32(38)39-26-19-33(17-22(26)3)18-23-7-5-4-6-8-23/h4-16,22,26-28H,17-19H2,1-3H3,(H,34,35)/t22-,26-,27-,28-/m1/s1. The Bertz CT molecular complexity index is 1370. The Kier molecular flexibility index (Phi) is 9.52. The number of nitrogens with zero attached hydrogens (tertiary/aromatic N) is 1. The lowest BCUT2D eigenvalue weighted by atomic mass is 10.1. The first kappa shape index (κ1) is 29.5. The van der Waals surface area contributed by atoms with Crippen LogP contribution < -0.4 is 0 Å². The van der Waals surface area contributed by atoms with E-state index in [0.29, 0.717) is 19.6 Å². The number of carboxylic acids is 1. The van der Waals surface area contributed by atoms with Gasteiger partial charge in [0.1, 0.15) is 6.10 Å². The van der Waals surface area contributed by atoms with Gasteiger partial charge >= 0.3 is 23.9 Å². The molecule has 9 nitrogen and oxygen atoms in total. The van der Waals surface area contributed by atoms with Gasteiger partial charge in [0.25, 0.3) is 0 Å². The van der Waals surface area contributed by atoms with Gasteiger partial charge in [-0.15, -0.1) is 0 Å². The fraction of sp³-hybridized carbons (Fsp3) is 0.312. The predicted molar refractivity (Wildman–Crippen MR) is 149 cm³/mol. The number of carboxylic acid groups (broad SMARTS) is 1. The largest absolute Gasteiger partial charge is 0.478 e. The Balaban J connectivity index is 1.54. The zero-order valence-electron chi connectivity index (χ0n) is 23.2. The normalized spacial score (nSPS) is 18.2. The van der Waals surface area contributed by atoms with Crippen LogP contribution in [0.2, 0.25) is 0 Å². The molecule has 1 saturated heterocycles. The minimum Gasteiger partial charge on any atom is -0.478 e. The SMILES string of the molecule is Cc1ccc(C(=O)O[C@@H](C(=O)O)[C@@H](OC(=O)c2ccc(C)cc2)C(=O)O[C@@H]2CN(Cc3ccccc3)C[C@H]2C)cc1. The number of carbonyl (C=O) groups excluding carboxylic acids is 3. The lowest BCUT2D eigenvalue weighted by molar-refractivity contribution is -0.175. The van der Waals surface area contributed by atoms with Crippen molar-refractivity contribution in [2.75, 3.05) is 13.1 Å². The van der Waals surface area contributed by atoms with E-state index >= 15 is 0 Å². The average Bonchev–Trinajstić information content (AvgIpc) is 3.29. The Hall–Kier alpha value is -4.50. The maximum Gasteiger partial charge on any atom is 0.352 e. The first-order valence-corrected chi connectivity index (χ1v) is 13.4. The fourth-order valence-electron chi connectivity index (χ4n) is 4.60. The summed E-state index contributed by atoms with van der Waals surface area (Å²) in [6, 6.07) is 22.5. The number of hydrogen-bond donors (Lipinski definition) is 1. The van der Waals surface area contributed by atoms with Crippen LogP contribution in [0.4, 0.5) is 0 Å². The zero-order valence-corrected chi connectivity index (χ0v) is 23.2. The molecule has 1 aliphatic heterocycles. The molecule has 1 heterocycles. The summed E-state index contributed by atoms with van der Waals surface area (Å²) in [7, 11) is 0. The van der Waals surface area contributed by atoms with Gasteiger partial charge in [-0.25, -0.2) is 19.2 Å². The third-order valence-electron chi connectivity index (χ3n) is 6.93. The molecule has 0 saturated carbocycles. The summed E-state index contributed by atoms with van der Waals surface area (Å²) in [6.07, 6.45) is -4.76. The minimum atomic E-state index is -2.14. The van der Waals surface area contributed by atoms with Crippen molar-refractivity contribution < 1.29 is 38.5 Å². The summed E-state index contributed by atoms with van der Waals surface area (Å²) < 4.78 is 16.4. The van der Waals surface area contributed by atoms with E-state index in [1.807, 2.05) is 51.1 Å². The molecule has 0 unspecified atom stereocenters. The first-order chi connectivity index (χ1) is 19.6. The fourth-order valence-corrected chi connectivity index (χ4v) is 4.60. The van der Waals surface area contributed by atoms with Crippen molar-refractivity contribution in [1.29, 1.82) is 0 Å². The van der Waals surface area contributed by atoms with E-state index in [1.54, 1.807) is 24.3 Å². The second-order valence-electron chi connectivity index (χ2n) is 10.4. The second kappa shape index (κ2) is 13.2. The van der Waals surface area contributed by atoms with Gasteiger partial charge in [0, 0.05) is 25.6 Å². The van der Waals surface area contributed by atoms with E-state index < -0.39 is 42.2 Å². The van der Waals surface area contributed by atoms with Gasteiger partial charge in [-0.2, -0.15) is 0 Å². The molecule has 1 fully saturated rings. The Morgan fingerprint density at radius 3 is 1.80 bits per heavy atom. The van der Waals surface area contributed by atoms with Gasteiger partial charge in [-0.05, 0) is 43.7 Å². The Labute approximate surface area is 238 Å². The molecular formula is C32H33NO8. The Morgan fingerprint density at radius 2 is 1.29 bits per heavy atom. The minimum absolute atomic E-state index is 0.0745. The molecule has 214 valence electrons. The summed E-state index contributed by atoms with van der Waals surface area (Å²) in [5, 5.41) is 9.99. The van der Waals surface area contributed by atoms with Gasteiger partial charge in [0.2, 0.25) is 12.2 Å². The van der Waals surface area contributed by atoms with Crippen molar-refractivity contribution in [3.8, 4) is 0 Å². The van der Waals surface area contributed by atoms with E-state index in [4.69, 9.17) is 14.2 Å². The van der Waals surface area contributed by atoms with Crippen molar-refractivity contribution >= 4 is 23.9 Å². The van der Waals surface area contributed by atoms with Crippen molar-refractivity contribution in [1.82, 2.24) is 4.90 Å². The van der Waals surface area contributed by atoms with Gasteiger partial charge in [-0.3, -0.25) is 4.90 Å². The summed E-state index contributed by atoms with van der Waals surface area (Å²) in [4.78, 5) is 53.7. The van der Waals surface area contributed by atoms with E-state index in [9.17, 15) is 24.3 Å². The lowest BCUT2D eigenvalue weighted by Gasteiger charge is -2.25.